The molecule has 1 amide bonds. The molecular formula is C9H8N2O4S. The molecule has 0 fully saturated rings. The molecule has 0 unspecified atom stereocenters. The van der Waals surface area contributed by atoms with Crippen molar-refractivity contribution in [3.05, 3.63) is 30.3 Å². The number of hydrogen-bond donors (Lipinski definition) is 1. The van der Waals surface area contributed by atoms with Crippen LogP contribution in [0.5, 0.6) is 0 Å². The minimum absolute atomic E-state index is 0.409. The second-order valence-electron chi connectivity index (χ2n) is 3.19. The molecule has 0 radical (unpaired) electrons. The van der Waals surface area contributed by atoms with Crippen LogP contribution in [0.1, 0.15) is 6.42 Å². The summed E-state index contributed by atoms with van der Waals surface area (Å²) in [6, 6.07) is 8.40. The van der Waals surface area contributed by atoms with Crippen molar-refractivity contribution in [2.24, 2.45) is 5.10 Å². The van der Waals surface area contributed by atoms with Crippen molar-refractivity contribution in [1.29, 1.82) is 0 Å². The van der Waals surface area contributed by atoms with Crippen LogP contribution in [0, 0.1) is 0 Å². The zero-order valence-electron chi connectivity index (χ0n) is 8.07. The molecule has 1 aliphatic heterocycles. The molecule has 7 heteroatoms. The largest absolute Gasteiger partial charge is 0.310 e. The summed E-state index contributed by atoms with van der Waals surface area (Å²) in [5.74, 6) is -0.487. The topological polar surface area (TPSA) is 87.0 Å². The molecule has 1 N–H and O–H groups in total. The number of benzene rings is 1. The highest BCUT2D eigenvalue weighted by molar-refractivity contribution is 8.01. The molecule has 1 aliphatic rings. The molecular weight excluding hydrogens is 232 g/mol. The third-order valence-electron chi connectivity index (χ3n) is 2.05. The normalized spacial score (nSPS) is 16.4. The maximum absolute atomic E-state index is 11.5. The lowest BCUT2D eigenvalue weighted by atomic mass is 10.3. The summed E-state index contributed by atoms with van der Waals surface area (Å²) in [4.78, 5) is 11.5. The number of carbonyl (C=O) groups excluding carboxylic acids is 1. The zero-order valence-corrected chi connectivity index (χ0v) is 8.88. The van der Waals surface area contributed by atoms with E-state index in [2.05, 4.69) is 5.10 Å². The predicted octanol–water partition coefficient (Wildman–Crippen LogP) is 0.625. The van der Waals surface area contributed by atoms with Gasteiger partial charge >= 0.3 is 10.1 Å². The lowest BCUT2D eigenvalue weighted by Gasteiger charge is -2.10. The number of para-hydroxylation sites is 1. The third-order valence-corrected chi connectivity index (χ3v) is 2.87. The minimum Gasteiger partial charge on any atom is -0.281 e. The number of rotatable bonds is 1. The predicted molar refractivity (Wildman–Crippen MR) is 57.5 cm³/mol. The molecule has 0 atom stereocenters. The Morgan fingerprint density at radius 2 is 1.88 bits per heavy atom. The van der Waals surface area contributed by atoms with Gasteiger partial charge in [0.1, 0.15) is 0 Å². The molecule has 2 rings (SSSR count). The van der Waals surface area contributed by atoms with Crippen molar-refractivity contribution < 1.29 is 17.8 Å². The Labute approximate surface area is 91.9 Å². The SMILES string of the molecule is O=C1CC(S(=O)(=O)O)=NN1c1ccccc1. The zero-order chi connectivity index (χ0) is 11.8. The van der Waals surface area contributed by atoms with E-state index in [1.165, 1.54) is 0 Å². The molecule has 84 valence electrons. The first-order valence-electron chi connectivity index (χ1n) is 4.41. The number of carbonyl (C=O) groups is 1. The van der Waals surface area contributed by atoms with Crippen LogP contribution in [-0.4, -0.2) is 23.9 Å². The smallest absolute Gasteiger partial charge is 0.281 e. The molecule has 16 heavy (non-hydrogen) atoms. The van der Waals surface area contributed by atoms with Crippen molar-refractivity contribution in [3.8, 4) is 0 Å². The number of hydrogen-bond acceptors (Lipinski definition) is 4. The van der Waals surface area contributed by atoms with Crippen LogP contribution in [0.2, 0.25) is 0 Å². The molecule has 6 nitrogen and oxygen atoms in total. The van der Waals surface area contributed by atoms with Gasteiger partial charge in [0.25, 0.3) is 5.91 Å². The van der Waals surface area contributed by atoms with Gasteiger partial charge in [-0.05, 0) is 12.1 Å². The van der Waals surface area contributed by atoms with E-state index in [0.717, 1.165) is 5.01 Å². The maximum Gasteiger partial charge on any atom is 0.310 e. The standard InChI is InChI=1S/C9H8N2O4S/c12-9-6-8(16(13,14)15)10-11(9)7-4-2-1-3-5-7/h1-5H,6H2,(H,13,14,15). The van der Waals surface area contributed by atoms with Gasteiger partial charge in [-0.15, -0.1) is 0 Å². The van der Waals surface area contributed by atoms with Gasteiger partial charge in [-0.2, -0.15) is 18.5 Å². The number of anilines is 1. The Bertz CT molecular complexity index is 550. The van der Waals surface area contributed by atoms with Crippen LogP contribution >= 0.6 is 0 Å². The highest BCUT2D eigenvalue weighted by Gasteiger charge is 2.31. The third kappa shape index (κ3) is 1.95. The minimum atomic E-state index is -4.39. The van der Waals surface area contributed by atoms with E-state index in [9.17, 15) is 13.2 Å². The van der Waals surface area contributed by atoms with Gasteiger partial charge in [-0.1, -0.05) is 18.2 Å². The maximum atomic E-state index is 11.5. The number of nitrogens with zero attached hydrogens (tertiary/aromatic N) is 2. The number of hydrazone groups is 1. The first kappa shape index (κ1) is 10.8. The average molecular weight is 240 g/mol. The molecule has 0 saturated heterocycles. The Morgan fingerprint density at radius 1 is 1.25 bits per heavy atom. The van der Waals surface area contributed by atoms with Crippen molar-refractivity contribution in [1.82, 2.24) is 0 Å². The molecule has 1 aromatic rings. The second kappa shape index (κ2) is 3.69. The Hall–Kier alpha value is -1.73. The molecule has 0 saturated carbocycles. The second-order valence-corrected chi connectivity index (χ2v) is 4.61. The van der Waals surface area contributed by atoms with Crippen LogP contribution in [0.3, 0.4) is 0 Å². The summed E-state index contributed by atoms with van der Waals surface area (Å²) in [7, 11) is -4.39. The summed E-state index contributed by atoms with van der Waals surface area (Å²) in [6.45, 7) is 0. The van der Waals surface area contributed by atoms with Crippen LogP contribution in [0.15, 0.2) is 35.4 Å². The van der Waals surface area contributed by atoms with Crippen LogP contribution in [0.25, 0.3) is 0 Å². The average Bonchev–Trinajstić information content (AvgIpc) is 2.61. The molecule has 0 bridgehead atoms. The lowest BCUT2D eigenvalue weighted by molar-refractivity contribution is -0.116. The summed E-state index contributed by atoms with van der Waals surface area (Å²) in [5.41, 5.74) is 0.464. The van der Waals surface area contributed by atoms with Gasteiger partial charge in [0.2, 0.25) is 0 Å². The molecule has 1 aromatic carbocycles. The molecule has 0 aromatic heterocycles. The quantitative estimate of drug-likeness (QED) is 0.729. The summed E-state index contributed by atoms with van der Waals surface area (Å²) < 4.78 is 30.4. The fourth-order valence-electron chi connectivity index (χ4n) is 1.32. The van der Waals surface area contributed by atoms with Crippen LogP contribution < -0.4 is 5.01 Å². The van der Waals surface area contributed by atoms with Crippen molar-refractivity contribution in [2.45, 2.75) is 6.42 Å². The highest BCUT2D eigenvalue weighted by atomic mass is 32.2. The monoisotopic (exact) mass is 240 g/mol. The van der Waals surface area contributed by atoms with Gasteiger partial charge < -0.3 is 0 Å². The van der Waals surface area contributed by atoms with E-state index in [4.69, 9.17) is 4.55 Å². The fourth-order valence-corrected chi connectivity index (χ4v) is 1.81. The van der Waals surface area contributed by atoms with E-state index >= 15 is 0 Å². The van der Waals surface area contributed by atoms with Gasteiger partial charge in [-0.3, -0.25) is 9.35 Å². The molecule has 0 spiro atoms. The van der Waals surface area contributed by atoms with E-state index in [1.54, 1.807) is 30.3 Å². The van der Waals surface area contributed by atoms with Crippen molar-refractivity contribution in [3.63, 3.8) is 0 Å². The van der Waals surface area contributed by atoms with E-state index in [0.29, 0.717) is 5.69 Å². The Balaban J connectivity index is 2.39. The van der Waals surface area contributed by atoms with Crippen LogP contribution in [0.4, 0.5) is 5.69 Å². The van der Waals surface area contributed by atoms with E-state index in [1.807, 2.05) is 0 Å². The summed E-state index contributed by atoms with van der Waals surface area (Å²) in [6.07, 6.45) is -0.409. The van der Waals surface area contributed by atoms with Crippen LogP contribution in [-0.2, 0) is 14.9 Å². The van der Waals surface area contributed by atoms with Crippen molar-refractivity contribution in [2.75, 3.05) is 5.01 Å². The molecule has 0 aliphatic carbocycles. The van der Waals surface area contributed by atoms with Gasteiger partial charge in [0.15, 0.2) is 5.04 Å². The lowest BCUT2D eigenvalue weighted by Crippen LogP contribution is -2.19. The van der Waals surface area contributed by atoms with Crippen molar-refractivity contribution >= 4 is 26.8 Å². The first-order valence-corrected chi connectivity index (χ1v) is 5.85. The van der Waals surface area contributed by atoms with Gasteiger partial charge in [-0.25, -0.2) is 0 Å². The van der Waals surface area contributed by atoms with E-state index < -0.39 is 27.5 Å². The van der Waals surface area contributed by atoms with E-state index in [-0.39, 0.29) is 0 Å². The van der Waals surface area contributed by atoms with Gasteiger partial charge in [0.05, 0.1) is 12.1 Å². The molecule has 1 heterocycles. The fraction of sp³-hybridized carbons (Fsp3) is 0.111. The Kier molecular flexibility index (Phi) is 2.49. The van der Waals surface area contributed by atoms with Gasteiger partial charge in [0, 0.05) is 0 Å². The number of amides is 1. The summed E-state index contributed by atoms with van der Waals surface area (Å²) in [5, 5.41) is 4.01. The first-order chi connectivity index (χ1) is 7.48. The Morgan fingerprint density at radius 3 is 2.38 bits per heavy atom. The highest BCUT2D eigenvalue weighted by Crippen LogP contribution is 2.20. The summed E-state index contributed by atoms with van der Waals surface area (Å²) >= 11 is 0.